The molecule has 0 bridgehead atoms. The fraction of sp³-hybridized carbons (Fsp3) is 0.0400. The standard InChI is InChI=1S/C25H16F4O/c26-21-8-4-7-19(23(21)27)17-9-11-18(12-10-17)20-13-14-22(25(29)24(20)28)30-15-16-5-2-1-3-6-16/h1-14H,15H2. The van der Waals surface area contributed by atoms with Crippen molar-refractivity contribution in [3.05, 3.63) is 114 Å². The Morgan fingerprint density at radius 1 is 0.533 bits per heavy atom. The Hall–Kier alpha value is -3.60. The summed E-state index contributed by atoms with van der Waals surface area (Å²) in [5.74, 6) is -4.20. The highest BCUT2D eigenvalue weighted by molar-refractivity contribution is 5.71. The van der Waals surface area contributed by atoms with Gasteiger partial charge in [-0.2, -0.15) is 4.39 Å². The van der Waals surface area contributed by atoms with Crippen molar-refractivity contribution in [2.24, 2.45) is 0 Å². The third kappa shape index (κ3) is 3.92. The fourth-order valence-corrected chi connectivity index (χ4v) is 3.16. The monoisotopic (exact) mass is 408 g/mol. The zero-order valence-corrected chi connectivity index (χ0v) is 15.7. The predicted molar refractivity (Wildman–Crippen MR) is 108 cm³/mol. The zero-order valence-electron chi connectivity index (χ0n) is 15.7. The Morgan fingerprint density at radius 2 is 1.17 bits per heavy atom. The van der Waals surface area contributed by atoms with Crippen LogP contribution in [0, 0.1) is 23.3 Å². The Bertz CT molecular complexity index is 1170. The topological polar surface area (TPSA) is 9.23 Å². The molecule has 4 rings (SSSR count). The van der Waals surface area contributed by atoms with Crippen molar-refractivity contribution in [3.63, 3.8) is 0 Å². The molecule has 4 aromatic rings. The van der Waals surface area contributed by atoms with E-state index < -0.39 is 23.3 Å². The molecule has 0 amide bonds. The Balaban J connectivity index is 1.58. The van der Waals surface area contributed by atoms with E-state index in [0.717, 1.165) is 11.6 Å². The van der Waals surface area contributed by atoms with Crippen molar-refractivity contribution < 1.29 is 22.3 Å². The van der Waals surface area contributed by atoms with Crippen molar-refractivity contribution in [1.29, 1.82) is 0 Å². The van der Waals surface area contributed by atoms with E-state index in [1.54, 1.807) is 0 Å². The minimum absolute atomic E-state index is 0.0471. The number of benzene rings is 4. The SMILES string of the molecule is Fc1cccc(-c2ccc(-c3ccc(OCc4ccccc4)c(F)c3F)cc2)c1F. The maximum Gasteiger partial charge on any atom is 0.201 e. The zero-order chi connectivity index (χ0) is 21.1. The number of rotatable bonds is 5. The van der Waals surface area contributed by atoms with E-state index in [-0.39, 0.29) is 23.5 Å². The molecule has 0 spiro atoms. The van der Waals surface area contributed by atoms with Crippen molar-refractivity contribution in [2.75, 3.05) is 0 Å². The lowest BCUT2D eigenvalue weighted by molar-refractivity contribution is 0.285. The van der Waals surface area contributed by atoms with Gasteiger partial charge in [0.25, 0.3) is 0 Å². The maximum atomic E-state index is 14.6. The average Bonchev–Trinajstić information content (AvgIpc) is 2.78. The second-order valence-electron chi connectivity index (χ2n) is 6.69. The van der Waals surface area contributed by atoms with Crippen molar-refractivity contribution in [1.82, 2.24) is 0 Å². The van der Waals surface area contributed by atoms with Gasteiger partial charge >= 0.3 is 0 Å². The number of hydrogen-bond donors (Lipinski definition) is 0. The largest absolute Gasteiger partial charge is 0.486 e. The van der Waals surface area contributed by atoms with Crippen LogP contribution < -0.4 is 4.74 Å². The van der Waals surface area contributed by atoms with E-state index in [1.807, 2.05) is 30.3 Å². The molecule has 0 aliphatic heterocycles. The summed E-state index contributed by atoms with van der Waals surface area (Å²) in [5, 5.41) is 0. The molecular formula is C25H16F4O. The van der Waals surface area contributed by atoms with Gasteiger partial charge in [0.15, 0.2) is 23.2 Å². The van der Waals surface area contributed by atoms with Gasteiger partial charge in [0.1, 0.15) is 6.61 Å². The number of ether oxygens (including phenoxy) is 1. The quantitative estimate of drug-likeness (QED) is 0.319. The molecule has 5 heteroatoms. The van der Waals surface area contributed by atoms with Gasteiger partial charge in [-0.1, -0.05) is 66.7 Å². The summed E-state index contributed by atoms with van der Waals surface area (Å²) in [4.78, 5) is 0. The first kappa shape index (κ1) is 19.7. The summed E-state index contributed by atoms with van der Waals surface area (Å²) in [6.45, 7) is 0.116. The van der Waals surface area contributed by atoms with Gasteiger partial charge in [-0.15, -0.1) is 0 Å². The van der Waals surface area contributed by atoms with E-state index in [0.29, 0.717) is 11.1 Å². The molecule has 1 nitrogen and oxygen atoms in total. The Kier molecular flexibility index (Phi) is 5.53. The van der Waals surface area contributed by atoms with Crippen LogP contribution in [0.3, 0.4) is 0 Å². The van der Waals surface area contributed by atoms with Crippen LogP contribution in [-0.4, -0.2) is 0 Å². The number of halogens is 4. The first-order valence-corrected chi connectivity index (χ1v) is 9.24. The van der Waals surface area contributed by atoms with Crippen LogP contribution >= 0.6 is 0 Å². The molecule has 4 aromatic carbocycles. The Labute approximate surface area is 171 Å². The lowest BCUT2D eigenvalue weighted by Gasteiger charge is -2.11. The van der Waals surface area contributed by atoms with Gasteiger partial charge in [0, 0.05) is 11.1 Å². The van der Waals surface area contributed by atoms with Crippen LogP contribution in [0.25, 0.3) is 22.3 Å². The molecule has 150 valence electrons. The molecular weight excluding hydrogens is 392 g/mol. The van der Waals surface area contributed by atoms with Crippen LogP contribution in [0.2, 0.25) is 0 Å². The molecule has 30 heavy (non-hydrogen) atoms. The lowest BCUT2D eigenvalue weighted by Crippen LogP contribution is -2.00. The lowest BCUT2D eigenvalue weighted by atomic mass is 9.99. The highest BCUT2D eigenvalue weighted by atomic mass is 19.2. The van der Waals surface area contributed by atoms with E-state index in [4.69, 9.17) is 4.74 Å². The molecule has 0 heterocycles. The smallest absolute Gasteiger partial charge is 0.201 e. The van der Waals surface area contributed by atoms with Crippen LogP contribution in [0.4, 0.5) is 17.6 Å². The maximum absolute atomic E-state index is 14.6. The first-order valence-electron chi connectivity index (χ1n) is 9.24. The minimum atomic E-state index is -1.08. The van der Waals surface area contributed by atoms with E-state index in [1.165, 1.54) is 48.5 Å². The van der Waals surface area contributed by atoms with Gasteiger partial charge in [0.2, 0.25) is 5.82 Å². The van der Waals surface area contributed by atoms with Crippen LogP contribution in [0.5, 0.6) is 5.75 Å². The van der Waals surface area contributed by atoms with E-state index >= 15 is 0 Å². The van der Waals surface area contributed by atoms with Crippen LogP contribution in [0.1, 0.15) is 5.56 Å². The third-order valence-corrected chi connectivity index (χ3v) is 4.74. The van der Waals surface area contributed by atoms with Crippen molar-refractivity contribution in [2.45, 2.75) is 6.61 Å². The summed E-state index contributed by atoms with van der Waals surface area (Å²) in [7, 11) is 0. The van der Waals surface area contributed by atoms with Crippen LogP contribution in [-0.2, 0) is 6.61 Å². The normalized spacial score (nSPS) is 10.8. The molecule has 0 N–H and O–H groups in total. The molecule has 0 unspecified atom stereocenters. The highest BCUT2D eigenvalue weighted by Crippen LogP contribution is 2.32. The molecule has 0 fully saturated rings. The molecule has 0 radical (unpaired) electrons. The average molecular weight is 408 g/mol. The van der Waals surface area contributed by atoms with Crippen molar-refractivity contribution >= 4 is 0 Å². The highest BCUT2D eigenvalue weighted by Gasteiger charge is 2.16. The second-order valence-corrected chi connectivity index (χ2v) is 6.69. The van der Waals surface area contributed by atoms with E-state index in [9.17, 15) is 17.6 Å². The fourth-order valence-electron chi connectivity index (χ4n) is 3.16. The van der Waals surface area contributed by atoms with Crippen LogP contribution in [0.15, 0.2) is 84.9 Å². The van der Waals surface area contributed by atoms with Gasteiger partial charge in [-0.05, 0) is 34.9 Å². The molecule has 0 saturated heterocycles. The molecule has 0 aromatic heterocycles. The predicted octanol–water partition coefficient (Wildman–Crippen LogP) is 7.16. The molecule has 0 atom stereocenters. The molecule has 0 saturated carbocycles. The van der Waals surface area contributed by atoms with Gasteiger partial charge in [-0.25, -0.2) is 13.2 Å². The summed E-state index contributed by atoms with van der Waals surface area (Å²) in [6, 6.07) is 22.0. The van der Waals surface area contributed by atoms with Gasteiger partial charge in [-0.3, -0.25) is 0 Å². The second kappa shape index (κ2) is 8.41. The van der Waals surface area contributed by atoms with Crippen molar-refractivity contribution in [3.8, 4) is 28.0 Å². The Morgan fingerprint density at radius 3 is 1.83 bits per heavy atom. The first-order chi connectivity index (χ1) is 14.5. The summed E-state index contributed by atoms with van der Waals surface area (Å²) >= 11 is 0. The summed E-state index contributed by atoms with van der Waals surface area (Å²) in [6.07, 6.45) is 0. The van der Waals surface area contributed by atoms with E-state index in [2.05, 4.69) is 0 Å². The minimum Gasteiger partial charge on any atom is -0.486 e. The summed E-state index contributed by atoms with van der Waals surface area (Å²) in [5.41, 5.74) is 1.81. The third-order valence-electron chi connectivity index (χ3n) is 4.74. The number of hydrogen-bond acceptors (Lipinski definition) is 1. The molecule has 0 aliphatic carbocycles. The summed E-state index contributed by atoms with van der Waals surface area (Å²) < 4.78 is 62.0. The van der Waals surface area contributed by atoms with Gasteiger partial charge < -0.3 is 4.74 Å². The van der Waals surface area contributed by atoms with Gasteiger partial charge in [0.05, 0.1) is 0 Å². The molecule has 0 aliphatic rings.